The van der Waals surface area contributed by atoms with Crippen LogP contribution in [0.25, 0.3) is 0 Å². The topological polar surface area (TPSA) is 26.2 Å². The molecule has 0 saturated carbocycles. The van der Waals surface area contributed by atoms with E-state index in [1.165, 1.54) is 5.69 Å². The number of hydrogen-bond donors (Lipinski definition) is 1. The monoisotopic (exact) mass is 350 g/mol. The van der Waals surface area contributed by atoms with Crippen molar-refractivity contribution in [1.29, 1.82) is 0 Å². The van der Waals surface area contributed by atoms with Crippen LogP contribution in [0.4, 0.5) is 0 Å². The van der Waals surface area contributed by atoms with Crippen molar-refractivity contribution in [2.75, 3.05) is 13.2 Å². The molecule has 3 nitrogen and oxygen atoms in total. The molecule has 1 aromatic heterocycles. The number of hydrogen-bond acceptors (Lipinski definition) is 2. The fourth-order valence-electron chi connectivity index (χ4n) is 2.11. The van der Waals surface area contributed by atoms with Crippen LogP contribution in [0.2, 0.25) is 0 Å². The lowest BCUT2D eigenvalue weighted by Crippen LogP contribution is -2.21. The van der Waals surface area contributed by atoms with Gasteiger partial charge in [0.05, 0.1) is 6.54 Å². The van der Waals surface area contributed by atoms with E-state index >= 15 is 0 Å². The van der Waals surface area contributed by atoms with Crippen LogP contribution >= 0.6 is 15.9 Å². The van der Waals surface area contributed by atoms with Gasteiger partial charge < -0.3 is 14.6 Å². The highest BCUT2D eigenvalue weighted by Gasteiger charge is 2.02. The van der Waals surface area contributed by atoms with Gasteiger partial charge in [0.2, 0.25) is 0 Å². The summed E-state index contributed by atoms with van der Waals surface area (Å²) in [6.45, 7) is 7.93. The second kappa shape index (κ2) is 8.25. The lowest BCUT2D eigenvalue weighted by atomic mass is 10.2. The molecule has 0 aliphatic rings. The first-order valence-corrected chi connectivity index (χ1v) is 8.17. The average molecular weight is 351 g/mol. The standard InChI is InChI=1S/C17H23BrN2O/c1-14(2)12-19-13-16-4-3-9-20(16)10-11-21-17-7-5-15(18)6-8-17/h3-9,14,19H,10-13H2,1-2H3. The molecular weight excluding hydrogens is 328 g/mol. The van der Waals surface area contributed by atoms with E-state index in [0.29, 0.717) is 12.5 Å². The van der Waals surface area contributed by atoms with Crippen LogP contribution in [0.5, 0.6) is 5.75 Å². The van der Waals surface area contributed by atoms with Gasteiger partial charge in [0.25, 0.3) is 0 Å². The van der Waals surface area contributed by atoms with E-state index in [4.69, 9.17) is 4.74 Å². The SMILES string of the molecule is CC(C)CNCc1cccn1CCOc1ccc(Br)cc1. The van der Waals surface area contributed by atoms with Gasteiger partial charge in [0.15, 0.2) is 0 Å². The Labute approximate surface area is 135 Å². The number of benzene rings is 1. The van der Waals surface area contributed by atoms with Crippen LogP contribution in [0.15, 0.2) is 47.1 Å². The van der Waals surface area contributed by atoms with Gasteiger partial charge in [-0.25, -0.2) is 0 Å². The molecule has 0 radical (unpaired) electrons. The smallest absolute Gasteiger partial charge is 0.119 e. The van der Waals surface area contributed by atoms with Crippen molar-refractivity contribution in [3.8, 4) is 5.75 Å². The molecule has 1 aromatic carbocycles. The zero-order valence-corrected chi connectivity index (χ0v) is 14.3. The number of nitrogens with zero attached hydrogens (tertiary/aromatic N) is 1. The third-order valence-corrected chi connectivity index (χ3v) is 3.73. The summed E-state index contributed by atoms with van der Waals surface area (Å²) >= 11 is 3.42. The third-order valence-electron chi connectivity index (χ3n) is 3.20. The number of rotatable bonds is 8. The second-order valence-corrected chi connectivity index (χ2v) is 6.44. The van der Waals surface area contributed by atoms with Crippen molar-refractivity contribution in [3.63, 3.8) is 0 Å². The number of nitrogens with one attached hydrogen (secondary N) is 1. The second-order valence-electron chi connectivity index (χ2n) is 5.52. The van der Waals surface area contributed by atoms with Crippen LogP contribution in [-0.4, -0.2) is 17.7 Å². The number of aromatic nitrogens is 1. The summed E-state index contributed by atoms with van der Waals surface area (Å²) < 4.78 is 9.08. The molecule has 2 rings (SSSR count). The van der Waals surface area contributed by atoms with Crippen molar-refractivity contribution in [2.24, 2.45) is 5.92 Å². The molecule has 0 saturated heterocycles. The maximum atomic E-state index is 5.77. The van der Waals surface area contributed by atoms with Crippen molar-refractivity contribution in [3.05, 3.63) is 52.8 Å². The van der Waals surface area contributed by atoms with Crippen molar-refractivity contribution >= 4 is 15.9 Å². The maximum absolute atomic E-state index is 5.77. The summed E-state index contributed by atoms with van der Waals surface area (Å²) in [4.78, 5) is 0. The highest BCUT2D eigenvalue weighted by Crippen LogP contribution is 2.16. The molecule has 0 aliphatic carbocycles. The maximum Gasteiger partial charge on any atom is 0.119 e. The summed E-state index contributed by atoms with van der Waals surface area (Å²) in [5.41, 5.74) is 1.30. The zero-order chi connectivity index (χ0) is 15.1. The molecule has 0 atom stereocenters. The Balaban J connectivity index is 1.78. The van der Waals surface area contributed by atoms with Crippen molar-refractivity contribution < 1.29 is 4.74 Å². The summed E-state index contributed by atoms with van der Waals surface area (Å²) in [5.74, 6) is 1.58. The Bertz CT molecular complexity index is 534. The van der Waals surface area contributed by atoms with Gasteiger partial charge in [0.1, 0.15) is 12.4 Å². The molecular formula is C17H23BrN2O. The van der Waals surface area contributed by atoms with Gasteiger partial charge >= 0.3 is 0 Å². The van der Waals surface area contributed by atoms with Gasteiger partial charge in [-0.3, -0.25) is 0 Å². The Kier molecular flexibility index (Phi) is 6.33. The first kappa shape index (κ1) is 16.1. The van der Waals surface area contributed by atoms with E-state index in [1.807, 2.05) is 24.3 Å². The third kappa shape index (κ3) is 5.56. The quantitative estimate of drug-likeness (QED) is 0.776. The summed E-state index contributed by atoms with van der Waals surface area (Å²) in [6, 6.07) is 12.2. The molecule has 0 unspecified atom stereocenters. The van der Waals surface area contributed by atoms with Crippen LogP contribution in [-0.2, 0) is 13.1 Å². The van der Waals surface area contributed by atoms with Crippen molar-refractivity contribution in [2.45, 2.75) is 26.9 Å². The Morgan fingerprint density at radius 2 is 1.95 bits per heavy atom. The lowest BCUT2D eigenvalue weighted by molar-refractivity contribution is 0.296. The van der Waals surface area contributed by atoms with Crippen LogP contribution in [0, 0.1) is 5.92 Å². The minimum absolute atomic E-state index is 0.674. The molecule has 1 heterocycles. The minimum Gasteiger partial charge on any atom is -0.492 e. The number of halogens is 1. The zero-order valence-electron chi connectivity index (χ0n) is 12.7. The predicted octanol–water partition coefficient (Wildman–Crippen LogP) is 4.08. The van der Waals surface area contributed by atoms with Crippen LogP contribution in [0.1, 0.15) is 19.5 Å². The molecule has 0 amide bonds. The molecule has 0 spiro atoms. The average Bonchev–Trinajstić information content (AvgIpc) is 2.88. The van der Waals surface area contributed by atoms with Gasteiger partial charge in [-0.1, -0.05) is 29.8 Å². The molecule has 1 N–H and O–H groups in total. The Morgan fingerprint density at radius 1 is 1.19 bits per heavy atom. The summed E-state index contributed by atoms with van der Waals surface area (Å²) in [5, 5.41) is 3.48. The summed E-state index contributed by atoms with van der Waals surface area (Å²) in [6.07, 6.45) is 2.11. The largest absolute Gasteiger partial charge is 0.492 e. The summed E-state index contributed by atoms with van der Waals surface area (Å²) in [7, 11) is 0. The fraction of sp³-hybridized carbons (Fsp3) is 0.412. The van der Waals surface area contributed by atoms with Crippen LogP contribution in [0.3, 0.4) is 0 Å². The van der Waals surface area contributed by atoms with Gasteiger partial charge in [0, 0.05) is 22.9 Å². The minimum atomic E-state index is 0.674. The molecule has 114 valence electrons. The lowest BCUT2D eigenvalue weighted by Gasteiger charge is -2.12. The number of ether oxygens (including phenoxy) is 1. The van der Waals surface area contributed by atoms with E-state index in [0.717, 1.165) is 29.9 Å². The first-order valence-electron chi connectivity index (χ1n) is 7.38. The Hall–Kier alpha value is -1.26. The highest BCUT2D eigenvalue weighted by atomic mass is 79.9. The van der Waals surface area contributed by atoms with E-state index in [2.05, 4.69) is 58.0 Å². The highest BCUT2D eigenvalue weighted by molar-refractivity contribution is 9.10. The fourth-order valence-corrected chi connectivity index (χ4v) is 2.37. The van der Waals surface area contributed by atoms with Crippen molar-refractivity contribution in [1.82, 2.24) is 9.88 Å². The molecule has 0 bridgehead atoms. The van der Waals surface area contributed by atoms with Gasteiger partial charge in [-0.15, -0.1) is 0 Å². The van der Waals surface area contributed by atoms with E-state index < -0.39 is 0 Å². The molecule has 4 heteroatoms. The molecule has 0 fully saturated rings. The normalized spacial score (nSPS) is 11.0. The first-order chi connectivity index (χ1) is 10.1. The van der Waals surface area contributed by atoms with E-state index in [9.17, 15) is 0 Å². The van der Waals surface area contributed by atoms with Crippen LogP contribution < -0.4 is 10.1 Å². The Morgan fingerprint density at radius 3 is 2.67 bits per heavy atom. The van der Waals surface area contributed by atoms with E-state index in [-0.39, 0.29) is 0 Å². The van der Waals surface area contributed by atoms with E-state index in [1.54, 1.807) is 0 Å². The predicted molar refractivity (Wildman–Crippen MR) is 90.6 cm³/mol. The van der Waals surface area contributed by atoms with Gasteiger partial charge in [-0.2, -0.15) is 0 Å². The van der Waals surface area contributed by atoms with Gasteiger partial charge in [-0.05, 0) is 48.9 Å². The molecule has 2 aromatic rings. The molecule has 21 heavy (non-hydrogen) atoms. The molecule has 0 aliphatic heterocycles.